The van der Waals surface area contributed by atoms with E-state index in [2.05, 4.69) is 0 Å². The lowest BCUT2D eigenvalue weighted by Crippen LogP contribution is -2.45. The maximum atomic E-state index is 12.4. The van der Waals surface area contributed by atoms with Crippen LogP contribution in [-0.2, 0) is 9.59 Å². The molecule has 4 nitrogen and oxygen atoms in total. The number of carbonyl (C=O) groups excluding carboxylic acids is 2. The highest BCUT2D eigenvalue weighted by Gasteiger charge is 2.49. The summed E-state index contributed by atoms with van der Waals surface area (Å²) in [6.45, 7) is 1.58. The van der Waals surface area contributed by atoms with Crippen molar-refractivity contribution in [2.75, 3.05) is 13.1 Å². The molecule has 1 heterocycles. The van der Waals surface area contributed by atoms with E-state index in [1.54, 1.807) is 0 Å². The Kier molecular flexibility index (Phi) is 2.45. The average molecular weight is 234 g/mol. The zero-order chi connectivity index (χ0) is 12.0. The van der Waals surface area contributed by atoms with Crippen LogP contribution >= 0.6 is 0 Å². The Labute approximate surface area is 100 Å². The van der Waals surface area contributed by atoms with Gasteiger partial charge in [0.2, 0.25) is 5.91 Å². The fourth-order valence-electron chi connectivity index (χ4n) is 3.63. The van der Waals surface area contributed by atoms with E-state index in [9.17, 15) is 14.7 Å². The van der Waals surface area contributed by atoms with Gasteiger partial charge in [0, 0.05) is 25.0 Å². The second-order valence-electron chi connectivity index (χ2n) is 5.35. The largest absolute Gasteiger partial charge is 0.550 e. The number of likely N-dealkylation sites (tertiary alicyclic amines) is 1. The number of nitrogens with zero attached hydrogens (tertiary/aromatic N) is 1. The number of carboxylic acids is 1. The lowest BCUT2D eigenvalue weighted by molar-refractivity contribution is -0.313. The zero-order valence-corrected chi connectivity index (χ0v) is 9.67. The van der Waals surface area contributed by atoms with Crippen molar-refractivity contribution in [3.8, 4) is 0 Å². The van der Waals surface area contributed by atoms with Crippen molar-refractivity contribution in [1.82, 2.24) is 4.90 Å². The zero-order valence-electron chi connectivity index (χ0n) is 9.67. The van der Waals surface area contributed by atoms with Crippen LogP contribution < -0.4 is 5.11 Å². The third-order valence-electron chi connectivity index (χ3n) is 4.43. The number of amides is 1. The first-order chi connectivity index (χ1) is 8.18. The van der Waals surface area contributed by atoms with E-state index in [-0.39, 0.29) is 23.7 Å². The highest BCUT2D eigenvalue weighted by molar-refractivity contribution is 5.86. The van der Waals surface area contributed by atoms with Gasteiger partial charge in [0.05, 0.1) is 5.92 Å². The Hall–Kier alpha value is -1.32. The summed E-state index contributed by atoms with van der Waals surface area (Å²) in [6, 6.07) is 0. The minimum absolute atomic E-state index is 0.0153. The third-order valence-corrected chi connectivity index (χ3v) is 4.43. The normalized spacial score (nSPS) is 38.9. The van der Waals surface area contributed by atoms with Gasteiger partial charge in [0.25, 0.3) is 0 Å². The minimum Gasteiger partial charge on any atom is -0.550 e. The van der Waals surface area contributed by atoms with Crippen molar-refractivity contribution < 1.29 is 14.7 Å². The summed E-state index contributed by atoms with van der Waals surface area (Å²) in [7, 11) is 0. The van der Waals surface area contributed by atoms with Crippen molar-refractivity contribution in [3.05, 3.63) is 12.2 Å². The summed E-state index contributed by atoms with van der Waals surface area (Å²) in [4.78, 5) is 25.4. The van der Waals surface area contributed by atoms with E-state index in [1.807, 2.05) is 17.1 Å². The molecule has 4 heteroatoms. The molecule has 17 heavy (non-hydrogen) atoms. The Bertz CT molecular complexity index is 384. The smallest absolute Gasteiger partial charge is 0.226 e. The van der Waals surface area contributed by atoms with E-state index in [0.717, 1.165) is 32.4 Å². The molecule has 0 N–H and O–H groups in total. The summed E-state index contributed by atoms with van der Waals surface area (Å²) >= 11 is 0. The molecule has 3 aliphatic rings. The van der Waals surface area contributed by atoms with Gasteiger partial charge in [-0.2, -0.15) is 0 Å². The second kappa shape index (κ2) is 3.86. The SMILES string of the molecule is O=C([O-])[C@@H]1[C@@H](C(=O)N2CCCC2)[C@@H]2C=C[C@@H]1C2. The molecule has 1 aliphatic heterocycles. The van der Waals surface area contributed by atoms with Crippen LogP contribution in [0.25, 0.3) is 0 Å². The van der Waals surface area contributed by atoms with Gasteiger partial charge in [0.15, 0.2) is 0 Å². The molecule has 92 valence electrons. The molecule has 0 spiro atoms. The Morgan fingerprint density at radius 1 is 1.06 bits per heavy atom. The van der Waals surface area contributed by atoms with Crippen LogP contribution in [0.1, 0.15) is 19.3 Å². The molecule has 1 saturated carbocycles. The van der Waals surface area contributed by atoms with Gasteiger partial charge in [-0.3, -0.25) is 4.79 Å². The van der Waals surface area contributed by atoms with E-state index in [4.69, 9.17) is 0 Å². The van der Waals surface area contributed by atoms with E-state index in [1.165, 1.54) is 0 Å². The number of aliphatic carboxylic acids is 1. The number of carbonyl (C=O) groups is 2. The van der Waals surface area contributed by atoms with Crippen molar-refractivity contribution in [1.29, 1.82) is 0 Å². The molecular weight excluding hydrogens is 218 g/mol. The van der Waals surface area contributed by atoms with Gasteiger partial charge >= 0.3 is 0 Å². The van der Waals surface area contributed by atoms with Gasteiger partial charge in [-0.15, -0.1) is 0 Å². The standard InChI is InChI=1S/C13H17NO3/c15-12(14-5-1-2-6-14)10-8-3-4-9(7-8)11(10)13(16)17/h3-4,8-11H,1-2,5-7H2,(H,16,17)/p-1/t8-,9-,10+,11+/m1/s1. The third kappa shape index (κ3) is 1.58. The fraction of sp³-hybridized carbons (Fsp3) is 0.692. The Morgan fingerprint density at radius 3 is 2.24 bits per heavy atom. The van der Waals surface area contributed by atoms with E-state index < -0.39 is 11.9 Å². The minimum atomic E-state index is -1.06. The van der Waals surface area contributed by atoms with Gasteiger partial charge in [-0.25, -0.2) is 0 Å². The second-order valence-corrected chi connectivity index (χ2v) is 5.35. The van der Waals surface area contributed by atoms with Crippen LogP contribution in [0.2, 0.25) is 0 Å². The Balaban J connectivity index is 1.83. The van der Waals surface area contributed by atoms with Crippen molar-refractivity contribution in [2.45, 2.75) is 19.3 Å². The summed E-state index contributed by atoms with van der Waals surface area (Å²) in [5.41, 5.74) is 0. The summed E-state index contributed by atoms with van der Waals surface area (Å²) in [5.74, 6) is -1.85. The van der Waals surface area contributed by atoms with E-state index in [0.29, 0.717) is 0 Å². The first-order valence-electron chi connectivity index (χ1n) is 6.36. The van der Waals surface area contributed by atoms with Crippen LogP contribution in [0.15, 0.2) is 12.2 Å². The van der Waals surface area contributed by atoms with Crippen LogP contribution in [0, 0.1) is 23.7 Å². The first kappa shape index (κ1) is 10.8. The van der Waals surface area contributed by atoms with Crippen LogP contribution in [0.5, 0.6) is 0 Å². The van der Waals surface area contributed by atoms with Gasteiger partial charge in [-0.05, 0) is 31.1 Å². The molecule has 1 amide bonds. The highest BCUT2D eigenvalue weighted by atomic mass is 16.4. The molecule has 2 bridgehead atoms. The lowest BCUT2D eigenvalue weighted by atomic mass is 9.82. The lowest BCUT2D eigenvalue weighted by Gasteiger charge is -2.31. The number of fused-ring (bicyclic) bond motifs is 2. The molecule has 1 saturated heterocycles. The molecule has 4 atom stereocenters. The monoisotopic (exact) mass is 234 g/mol. The molecule has 2 fully saturated rings. The van der Waals surface area contributed by atoms with Gasteiger partial charge < -0.3 is 14.8 Å². The summed E-state index contributed by atoms with van der Waals surface area (Å²) in [6.07, 6.45) is 6.85. The number of carboxylic acid groups (broad SMARTS) is 1. The van der Waals surface area contributed by atoms with Crippen molar-refractivity contribution >= 4 is 11.9 Å². The first-order valence-corrected chi connectivity index (χ1v) is 6.36. The van der Waals surface area contributed by atoms with Gasteiger partial charge in [0.1, 0.15) is 0 Å². The molecule has 0 aromatic carbocycles. The van der Waals surface area contributed by atoms with E-state index >= 15 is 0 Å². The Morgan fingerprint density at radius 2 is 1.65 bits per heavy atom. The molecule has 0 aromatic heterocycles. The fourth-order valence-corrected chi connectivity index (χ4v) is 3.63. The topological polar surface area (TPSA) is 60.4 Å². The van der Waals surface area contributed by atoms with Crippen molar-refractivity contribution in [3.63, 3.8) is 0 Å². The molecule has 0 aromatic rings. The van der Waals surface area contributed by atoms with Crippen LogP contribution in [0.4, 0.5) is 0 Å². The molecule has 0 radical (unpaired) electrons. The predicted molar refractivity (Wildman–Crippen MR) is 58.5 cm³/mol. The predicted octanol–water partition coefficient (Wildman–Crippen LogP) is -0.203. The molecule has 2 aliphatic carbocycles. The summed E-state index contributed by atoms with van der Waals surface area (Å²) in [5, 5.41) is 11.2. The number of hydrogen-bond donors (Lipinski definition) is 0. The maximum absolute atomic E-state index is 12.4. The average Bonchev–Trinajstić information content (AvgIpc) is 3.02. The summed E-state index contributed by atoms with van der Waals surface area (Å²) < 4.78 is 0. The highest BCUT2D eigenvalue weighted by Crippen LogP contribution is 2.48. The number of rotatable bonds is 2. The number of hydrogen-bond acceptors (Lipinski definition) is 3. The number of allylic oxidation sites excluding steroid dienone is 2. The maximum Gasteiger partial charge on any atom is 0.226 e. The van der Waals surface area contributed by atoms with Gasteiger partial charge in [-0.1, -0.05) is 12.2 Å². The molecular formula is C13H16NO3-. The van der Waals surface area contributed by atoms with Crippen LogP contribution in [-0.4, -0.2) is 29.9 Å². The molecule has 3 rings (SSSR count). The van der Waals surface area contributed by atoms with Crippen LogP contribution in [0.3, 0.4) is 0 Å². The molecule has 0 unspecified atom stereocenters. The quantitative estimate of drug-likeness (QED) is 0.621. The van der Waals surface area contributed by atoms with Crippen molar-refractivity contribution in [2.24, 2.45) is 23.7 Å².